The van der Waals surface area contributed by atoms with E-state index in [1.54, 1.807) is 6.92 Å². The highest BCUT2D eigenvalue weighted by molar-refractivity contribution is 7.90. The van der Waals surface area contributed by atoms with Gasteiger partial charge in [-0.25, -0.2) is 0 Å². The average molecular weight is 218 g/mol. The van der Waals surface area contributed by atoms with E-state index >= 15 is 0 Å². The van der Waals surface area contributed by atoms with E-state index < -0.39 is 17.1 Å². The van der Waals surface area contributed by atoms with Gasteiger partial charge in [-0.3, -0.25) is 9.00 Å². The van der Waals surface area contributed by atoms with Gasteiger partial charge in [-0.2, -0.15) is 0 Å². The van der Waals surface area contributed by atoms with Gasteiger partial charge in [-0.05, 0) is 20.8 Å². The highest BCUT2D eigenvalue weighted by atomic mass is 32.2. The first-order valence-electron chi connectivity index (χ1n) is 4.44. The fourth-order valence-corrected chi connectivity index (χ4v) is 2.60. The summed E-state index contributed by atoms with van der Waals surface area (Å²) in [4.78, 5) is 11.4. The van der Waals surface area contributed by atoms with Crippen molar-refractivity contribution in [3.05, 3.63) is 10.7 Å². The summed E-state index contributed by atoms with van der Waals surface area (Å²) in [5.41, 5.74) is 0. The summed E-state index contributed by atoms with van der Waals surface area (Å²) in [7, 11) is -1.29. The van der Waals surface area contributed by atoms with Gasteiger partial charge in [0.05, 0.1) is 16.6 Å². The first-order chi connectivity index (χ1) is 6.56. The lowest BCUT2D eigenvalue weighted by molar-refractivity contribution is -0.115. The van der Waals surface area contributed by atoms with Crippen LogP contribution < -0.4 is 0 Å². The van der Waals surface area contributed by atoms with E-state index in [2.05, 4.69) is 0 Å². The lowest BCUT2D eigenvalue weighted by Gasteiger charge is -2.24. The van der Waals surface area contributed by atoms with Crippen LogP contribution in [0.15, 0.2) is 10.7 Å². The molecule has 0 saturated carbocycles. The van der Waals surface area contributed by atoms with Crippen molar-refractivity contribution < 1.29 is 18.5 Å². The second-order valence-corrected chi connectivity index (χ2v) is 4.39. The SMILES string of the molecule is CCO[C@@H]1C[S@@](=O)C(C(C)=O)=C(C)O1. The molecule has 0 radical (unpaired) electrons. The van der Waals surface area contributed by atoms with Crippen molar-refractivity contribution >= 4 is 16.6 Å². The average Bonchev–Trinajstić information content (AvgIpc) is 2.01. The molecule has 4 nitrogen and oxygen atoms in total. The van der Waals surface area contributed by atoms with Crippen LogP contribution in [-0.2, 0) is 25.1 Å². The first kappa shape index (κ1) is 11.4. The maximum atomic E-state index is 11.6. The largest absolute Gasteiger partial charge is 0.467 e. The van der Waals surface area contributed by atoms with Gasteiger partial charge in [0.1, 0.15) is 10.7 Å². The topological polar surface area (TPSA) is 52.6 Å². The van der Waals surface area contributed by atoms with Crippen molar-refractivity contribution in [2.45, 2.75) is 27.1 Å². The van der Waals surface area contributed by atoms with Gasteiger partial charge in [0, 0.05) is 6.61 Å². The summed E-state index contributed by atoms with van der Waals surface area (Å²) in [6, 6.07) is 0. The highest BCUT2D eigenvalue weighted by Crippen LogP contribution is 2.21. The van der Waals surface area contributed by atoms with Crippen molar-refractivity contribution in [3.63, 3.8) is 0 Å². The number of Topliss-reactive ketones (excluding diaryl/α,β-unsaturated/α-hetero) is 1. The van der Waals surface area contributed by atoms with Crippen molar-refractivity contribution in [1.82, 2.24) is 0 Å². The summed E-state index contributed by atoms with van der Waals surface area (Å²) in [6.07, 6.45) is -0.482. The molecule has 14 heavy (non-hydrogen) atoms. The molecular formula is C9H14O4S. The summed E-state index contributed by atoms with van der Waals surface area (Å²) in [6.45, 7) is 5.37. The Bertz CT molecular complexity index is 295. The van der Waals surface area contributed by atoms with Crippen molar-refractivity contribution in [3.8, 4) is 0 Å². The molecule has 0 amide bonds. The van der Waals surface area contributed by atoms with Crippen LogP contribution in [0, 0.1) is 0 Å². The molecule has 0 aromatic rings. The molecule has 0 spiro atoms. The molecule has 2 atom stereocenters. The second-order valence-electron chi connectivity index (χ2n) is 2.96. The van der Waals surface area contributed by atoms with E-state index in [0.717, 1.165) is 0 Å². The molecule has 0 fully saturated rings. The van der Waals surface area contributed by atoms with E-state index in [4.69, 9.17) is 9.47 Å². The van der Waals surface area contributed by atoms with Crippen LogP contribution in [0.5, 0.6) is 0 Å². The fourth-order valence-electron chi connectivity index (χ4n) is 1.33. The minimum Gasteiger partial charge on any atom is -0.467 e. The predicted molar refractivity (Wildman–Crippen MR) is 52.9 cm³/mol. The Labute approximate surface area is 85.7 Å². The van der Waals surface area contributed by atoms with Crippen LogP contribution in [0.4, 0.5) is 0 Å². The Morgan fingerprint density at radius 1 is 1.71 bits per heavy atom. The minimum atomic E-state index is -1.29. The number of ketones is 1. The van der Waals surface area contributed by atoms with Crippen LogP contribution in [0.1, 0.15) is 20.8 Å². The van der Waals surface area contributed by atoms with Crippen LogP contribution >= 0.6 is 0 Å². The van der Waals surface area contributed by atoms with E-state index in [1.165, 1.54) is 6.92 Å². The number of rotatable bonds is 3. The summed E-state index contributed by atoms with van der Waals surface area (Å²) < 4.78 is 22.1. The molecule has 1 aliphatic rings. The first-order valence-corrected chi connectivity index (χ1v) is 5.76. The minimum absolute atomic E-state index is 0.198. The standard InChI is InChI=1S/C9H14O4S/c1-4-12-8-5-14(11)9(6(2)10)7(3)13-8/h8H,4-5H2,1-3H3/t8-,14+/m0/s1. The van der Waals surface area contributed by atoms with E-state index in [1.807, 2.05) is 6.92 Å². The molecule has 0 N–H and O–H groups in total. The normalized spacial score (nSPS) is 27.4. The number of ether oxygens (including phenoxy) is 2. The zero-order chi connectivity index (χ0) is 10.7. The zero-order valence-corrected chi connectivity index (χ0v) is 9.35. The maximum absolute atomic E-state index is 11.6. The number of hydrogen-bond donors (Lipinski definition) is 0. The Balaban J connectivity index is 2.83. The van der Waals surface area contributed by atoms with Gasteiger partial charge >= 0.3 is 0 Å². The number of carbonyl (C=O) groups is 1. The summed E-state index contributed by atoms with van der Waals surface area (Å²) in [5.74, 6) is 0.455. The van der Waals surface area contributed by atoms with Gasteiger partial charge in [0.15, 0.2) is 5.78 Å². The zero-order valence-electron chi connectivity index (χ0n) is 8.53. The molecule has 0 aromatic carbocycles. The quantitative estimate of drug-likeness (QED) is 0.707. The van der Waals surface area contributed by atoms with Gasteiger partial charge < -0.3 is 9.47 Å². The molecule has 0 bridgehead atoms. The van der Waals surface area contributed by atoms with E-state index in [-0.39, 0.29) is 16.4 Å². The maximum Gasteiger partial charge on any atom is 0.211 e. The molecule has 5 heteroatoms. The smallest absolute Gasteiger partial charge is 0.211 e. The monoisotopic (exact) mass is 218 g/mol. The third kappa shape index (κ3) is 2.42. The molecule has 0 aliphatic carbocycles. The lowest BCUT2D eigenvalue weighted by atomic mass is 10.3. The predicted octanol–water partition coefficient (Wildman–Crippen LogP) is 0.948. The van der Waals surface area contributed by atoms with Crippen molar-refractivity contribution in [2.24, 2.45) is 0 Å². The highest BCUT2D eigenvalue weighted by Gasteiger charge is 2.28. The Kier molecular flexibility index (Phi) is 3.83. The van der Waals surface area contributed by atoms with Crippen LogP contribution in [0.3, 0.4) is 0 Å². The fraction of sp³-hybridized carbons (Fsp3) is 0.667. The molecule has 80 valence electrons. The van der Waals surface area contributed by atoms with Gasteiger partial charge in [-0.15, -0.1) is 0 Å². The third-order valence-electron chi connectivity index (χ3n) is 1.82. The molecule has 1 aliphatic heterocycles. The Hall–Kier alpha value is -0.680. The number of carbonyl (C=O) groups excluding carboxylic acids is 1. The number of hydrogen-bond acceptors (Lipinski definition) is 4. The molecule has 1 heterocycles. The molecule has 0 saturated heterocycles. The van der Waals surface area contributed by atoms with Gasteiger partial charge in [-0.1, -0.05) is 0 Å². The van der Waals surface area contributed by atoms with Crippen molar-refractivity contribution in [2.75, 3.05) is 12.4 Å². The Morgan fingerprint density at radius 3 is 2.79 bits per heavy atom. The second kappa shape index (κ2) is 4.70. The lowest BCUT2D eigenvalue weighted by Crippen LogP contribution is -2.31. The van der Waals surface area contributed by atoms with Crippen LogP contribution in [0.2, 0.25) is 0 Å². The third-order valence-corrected chi connectivity index (χ3v) is 3.42. The van der Waals surface area contributed by atoms with Gasteiger partial charge in [0.2, 0.25) is 6.29 Å². The van der Waals surface area contributed by atoms with Crippen LogP contribution in [-0.4, -0.2) is 28.6 Å². The van der Waals surface area contributed by atoms with Gasteiger partial charge in [0.25, 0.3) is 0 Å². The number of allylic oxidation sites excluding steroid dienone is 2. The molecule has 1 rings (SSSR count). The van der Waals surface area contributed by atoms with Crippen molar-refractivity contribution in [1.29, 1.82) is 0 Å². The van der Waals surface area contributed by atoms with E-state index in [0.29, 0.717) is 12.4 Å². The summed E-state index contributed by atoms with van der Waals surface area (Å²) in [5, 5.41) is 0. The van der Waals surface area contributed by atoms with E-state index in [9.17, 15) is 9.00 Å². The molecular weight excluding hydrogens is 204 g/mol. The van der Waals surface area contributed by atoms with Crippen LogP contribution in [0.25, 0.3) is 0 Å². The Morgan fingerprint density at radius 2 is 2.36 bits per heavy atom. The summed E-state index contributed by atoms with van der Waals surface area (Å²) >= 11 is 0. The molecule has 0 unspecified atom stereocenters. The molecule has 0 aromatic heterocycles.